The number of nitrogens with zero attached hydrogens (tertiary/aromatic N) is 3. The summed E-state index contributed by atoms with van der Waals surface area (Å²) in [6.45, 7) is 3.38. The number of para-hydroxylation sites is 1. The number of hydrazone groups is 1. The van der Waals surface area contributed by atoms with Crippen molar-refractivity contribution >= 4 is 35.4 Å². The smallest absolute Gasteiger partial charge is 0.346 e. The number of benzene rings is 2. The summed E-state index contributed by atoms with van der Waals surface area (Å²) in [6.07, 6.45) is 1.61. The lowest BCUT2D eigenvalue weighted by Crippen LogP contribution is -2.42. The fourth-order valence-electron chi connectivity index (χ4n) is 2.63. The second-order valence-electron chi connectivity index (χ2n) is 6.49. The molecule has 1 aliphatic rings. The minimum Gasteiger partial charge on any atom is -0.449 e. The van der Waals surface area contributed by atoms with Crippen LogP contribution in [0.1, 0.15) is 25.8 Å². The van der Waals surface area contributed by atoms with Gasteiger partial charge in [0.05, 0.1) is 16.2 Å². The molecule has 9 nitrogen and oxygen atoms in total. The van der Waals surface area contributed by atoms with E-state index >= 15 is 0 Å². The van der Waals surface area contributed by atoms with Gasteiger partial charge in [0.25, 0.3) is 5.91 Å². The first kappa shape index (κ1) is 20.3. The fourth-order valence-corrected chi connectivity index (χ4v) is 2.80. The Bertz CT molecular complexity index is 1030. The molecule has 10 heteroatoms. The highest BCUT2D eigenvalue weighted by Gasteiger charge is 2.46. The molecule has 3 amide bonds. The average molecular weight is 417 g/mol. The number of imide groups is 1. The molecule has 29 heavy (non-hydrogen) atoms. The Morgan fingerprint density at radius 2 is 2.00 bits per heavy atom. The van der Waals surface area contributed by atoms with Crippen LogP contribution in [-0.2, 0) is 4.79 Å². The number of ether oxygens (including phenoxy) is 1. The zero-order chi connectivity index (χ0) is 21.2. The second kappa shape index (κ2) is 7.88. The minimum atomic E-state index is -1.02. The van der Waals surface area contributed by atoms with Crippen molar-refractivity contribution in [3.63, 3.8) is 0 Å². The predicted molar refractivity (Wildman–Crippen MR) is 106 cm³/mol. The Kier molecular flexibility index (Phi) is 5.51. The molecule has 0 spiro atoms. The van der Waals surface area contributed by atoms with Crippen molar-refractivity contribution in [2.45, 2.75) is 25.8 Å². The molecule has 0 aromatic heterocycles. The third-order valence-electron chi connectivity index (χ3n) is 4.51. The Morgan fingerprint density at radius 1 is 1.28 bits per heavy atom. The van der Waals surface area contributed by atoms with Gasteiger partial charge >= 0.3 is 11.7 Å². The number of nitro benzene ring substituents is 1. The van der Waals surface area contributed by atoms with Gasteiger partial charge < -0.3 is 10.1 Å². The van der Waals surface area contributed by atoms with Crippen molar-refractivity contribution in [2.24, 2.45) is 5.10 Å². The lowest BCUT2D eigenvalue weighted by Gasteiger charge is -2.17. The van der Waals surface area contributed by atoms with Crippen LogP contribution in [0, 0.1) is 10.1 Å². The molecule has 1 saturated heterocycles. The first-order chi connectivity index (χ1) is 13.7. The highest BCUT2D eigenvalue weighted by atomic mass is 35.5. The van der Waals surface area contributed by atoms with Gasteiger partial charge in [-0.3, -0.25) is 14.9 Å². The fraction of sp³-hybridized carbons (Fsp3) is 0.211. The van der Waals surface area contributed by atoms with Gasteiger partial charge in [-0.05, 0) is 37.6 Å². The maximum absolute atomic E-state index is 12.3. The SMILES string of the molecule is CCC1(C)NC(=O)N(/N=C/c2ccc(Oc3ccccc3Cl)c([N+](=O)[O-])c2)C1=O. The number of amides is 3. The van der Waals surface area contributed by atoms with Crippen LogP contribution >= 0.6 is 11.6 Å². The van der Waals surface area contributed by atoms with Gasteiger partial charge in [0.15, 0.2) is 0 Å². The molecule has 0 radical (unpaired) electrons. The van der Waals surface area contributed by atoms with E-state index in [4.69, 9.17) is 16.3 Å². The molecule has 2 aromatic carbocycles. The van der Waals surface area contributed by atoms with E-state index in [0.717, 1.165) is 0 Å². The molecule has 1 heterocycles. The van der Waals surface area contributed by atoms with E-state index in [2.05, 4.69) is 10.4 Å². The molecular formula is C19H17ClN4O5. The molecule has 3 rings (SSSR count). The third kappa shape index (κ3) is 4.04. The lowest BCUT2D eigenvalue weighted by molar-refractivity contribution is -0.385. The van der Waals surface area contributed by atoms with Gasteiger partial charge in [-0.25, -0.2) is 4.79 Å². The maximum Gasteiger partial charge on any atom is 0.346 e. The molecule has 0 bridgehead atoms. The van der Waals surface area contributed by atoms with Crippen LogP contribution in [0.5, 0.6) is 11.5 Å². The van der Waals surface area contributed by atoms with Gasteiger partial charge in [-0.1, -0.05) is 30.7 Å². The number of carbonyl (C=O) groups is 2. The Hall–Kier alpha value is -3.46. The first-order valence-corrected chi connectivity index (χ1v) is 9.04. The number of halogens is 1. The summed E-state index contributed by atoms with van der Waals surface area (Å²) in [4.78, 5) is 35.2. The Balaban J connectivity index is 1.86. The normalized spacial score (nSPS) is 18.9. The van der Waals surface area contributed by atoms with Gasteiger partial charge in [0.2, 0.25) is 5.75 Å². The molecule has 1 aliphatic heterocycles. The Morgan fingerprint density at radius 3 is 2.62 bits per heavy atom. The first-order valence-electron chi connectivity index (χ1n) is 8.66. The van der Waals surface area contributed by atoms with Crippen molar-refractivity contribution in [2.75, 3.05) is 0 Å². The van der Waals surface area contributed by atoms with E-state index in [9.17, 15) is 19.7 Å². The van der Waals surface area contributed by atoms with Crippen molar-refractivity contribution in [1.82, 2.24) is 10.3 Å². The predicted octanol–water partition coefficient (Wildman–Crippen LogP) is 4.09. The largest absolute Gasteiger partial charge is 0.449 e. The summed E-state index contributed by atoms with van der Waals surface area (Å²) in [7, 11) is 0. The monoisotopic (exact) mass is 416 g/mol. The quantitative estimate of drug-likeness (QED) is 0.329. The molecule has 0 saturated carbocycles. The van der Waals surface area contributed by atoms with Crippen LogP contribution in [0.15, 0.2) is 47.6 Å². The molecule has 1 atom stereocenters. The van der Waals surface area contributed by atoms with E-state index in [1.54, 1.807) is 38.1 Å². The van der Waals surface area contributed by atoms with E-state index in [1.807, 2.05) is 0 Å². The van der Waals surface area contributed by atoms with Crippen molar-refractivity contribution in [1.29, 1.82) is 0 Å². The summed E-state index contributed by atoms with van der Waals surface area (Å²) in [6, 6.07) is 10.1. The summed E-state index contributed by atoms with van der Waals surface area (Å²) in [5.41, 5.74) is -1.02. The topological polar surface area (TPSA) is 114 Å². The van der Waals surface area contributed by atoms with Crippen LogP contribution in [0.4, 0.5) is 10.5 Å². The van der Waals surface area contributed by atoms with Gasteiger partial charge in [-0.2, -0.15) is 5.10 Å². The van der Waals surface area contributed by atoms with Crippen molar-refractivity contribution in [3.8, 4) is 11.5 Å². The summed E-state index contributed by atoms with van der Waals surface area (Å²) < 4.78 is 5.56. The van der Waals surface area contributed by atoms with E-state index in [1.165, 1.54) is 24.4 Å². The van der Waals surface area contributed by atoms with E-state index in [0.29, 0.717) is 22.0 Å². The lowest BCUT2D eigenvalue weighted by atomic mass is 10.00. The number of hydrogen-bond acceptors (Lipinski definition) is 6. The maximum atomic E-state index is 12.3. The zero-order valence-electron chi connectivity index (χ0n) is 15.6. The van der Waals surface area contributed by atoms with Crippen LogP contribution < -0.4 is 10.1 Å². The number of hydrogen-bond donors (Lipinski definition) is 1. The van der Waals surface area contributed by atoms with E-state index < -0.39 is 22.4 Å². The molecule has 1 unspecified atom stereocenters. The summed E-state index contributed by atoms with van der Waals surface area (Å²) in [5, 5.41) is 18.9. The summed E-state index contributed by atoms with van der Waals surface area (Å²) >= 11 is 6.03. The molecular weight excluding hydrogens is 400 g/mol. The van der Waals surface area contributed by atoms with Gasteiger partial charge in [-0.15, -0.1) is 5.01 Å². The standard InChI is InChI=1S/C19H17ClN4O5/c1-3-19(2)17(25)23(18(26)22-19)21-11-12-8-9-16(14(10-12)24(27)28)29-15-7-5-4-6-13(15)20/h4-11H,3H2,1-2H3,(H,22,26)/b21-11+. The second-order valence-corrected chi connectivity index (χ2v) is 6.90. The molecule has 150 valence electrons. The van der Waals surface area contributed by atoms with E-state index in [-0.39, 0.29) is 17.2 Å². The molecule has 1 N–H and O–H groups in total. The molecule has 1 fully saturated rings. The minimum absolute atomic E-state index is 0.00574. The number of rotatable bonds is 6. The zero-order valence-corrected chi connectivity index (χ0v) is 16.3. The number of urea groups is 1. The van der Waals surface area contributed by atoms with Crippen LogP contribution in [0.25, 0.3) is 0 Å². The van der Waals surface area contributed by atoms with Gasteiger partial charge in [0.1, 0.15) is 11.3 Å². The number of carbonyl (C=O) groups excluding carboxylic acids is 2. The third-order valence-corrected chi connectivity index (χ3v) is 4.82. The molecule has 0 aliphatic carbocycles. The van der Waals surface area contributed by atoms with Crippen molar-refractivity contribution in [3.05, 3.63) is 63.2 Å². The van der Waals surface area contributed by atoms with Crippen molar-refractivity contribution < 1.29 is 19.2 Å². The summed E-state index contributed by atoms with van der Waals surface area (Å²) in [5.74, 6) is -0.222. The molecule has 2 aromatic rings. The highest BCUT2D eigenvalue weighted by molar-refractivity contribution is 6.32. The van der Waals surface area contributed by atoms with Crippen LogP contribution in [0.2, 0.25) is 5.02 Å². The average Bonchev–Trinajstić information content (AvgIpc) is 2.91. The Labute approximate surface area is 171 Å². The van der Waals surface area contributed by atoms with Gasteiger partial charge in [0, 0.05) is 11.6 Å². The highest BCUT2D eigenvalue weighted by Crippen LogP contribution is 2.35. The van der Waals surface area contributed by atoms with Crippen LogP contribution in [-0.4, -0.2) is 33.6 Å². The van der Waals surface area contributed by atoms with Crippen LogP contribution in [0.3, 0.4) is 0 Å². The number of nitrogens with one attached hydrogen (secondary N) is 1. The number of nitro groups is 1.